The topological polar surface area (TPSA) is 32.3 Å². The second-order valence-electron chi connectivity index (χ2n) is 4.71. The van der Waals surface area contributed by atoms with E-state index >= 15 is 0 Å². The molecule has 3 heteroatoms. The summed E-state index contributed by atoms with van der Waals surface area (Å²) in [6.07, 6.45) is 1.89. The Morgan fingerprint density at radius 3 is 2.53 bits per heavy atom. The van der Waals surface area contributed by atoms with Gasteiger partial charge in [-0.3, -0.25) is 0 Å². The second-order valence-corrected chi connectivity index (χ2v) is 5.69. The monoisotopic (exact) mass is 275 g/mol. The van der Waals surface area contributed by atoms with Gasteiger partial charge >= 0.3 is 0 Å². The van der Waals surface area contributed by atoms with Crippen molar-refractivity contribution >= 4 is 11.3 Å². The van der Waals surface area contributed by atoms with Gasteiger partial charge in [-0.1, -0.05) is 43.3 Å². The van der Waals surface area contributed by atoms with Gasteiger partial charge in [0.05, 0.1) is 6.61 Å². The first-order valence-corrected chi connectivity index (χ1v) is 7.65. The zero-order chi connectivity index (χ0) is 13.5. The minimum Gasteiger partial charge on any atom is -0.395 e. The molecule has 0 saturated carbocycles. The molecule has 1 aromatic carbocycles. The molecule has 2 aromatic rings. The molecule has 1 unspecified atom stereocenters. The number of hydrogen-bond donors (Lipinski definition) is 2. The van der Waals surface area contributed by atoms with E-state index in [0.717, 1.165) is 12.8 Å². The van der Waals surface area contributed by atoms with Gasteiger partial charge in [0, 0.05) is 17.0 Å². The normalized spacial score (nSPS) is 14.2. The average molecular weight is 275 g/mol. The minimum absolute atomic E-state index is 0.106. The Kier molecular flexibility index (Phi) is 5.58. The fourth-order valence-electron chi connectivity index (χ4n) is 2.25. The zero-order valence-electron chi connectivity index (χ0n) is 11.3. The predicted octanol–water partition coefficient (Wildman–Crippen LogP) is 3.39. The van der Waals surface area contributed by atoms with Gasteiger partial charge in [-0.25, -0.2) is 0 Å². The first kappa shape index (κ1) is 14.3. The molecule has 0 aliphatic carbocycles. The van der Waals surface area contributed by atoms with Crippen molar-refractivity contribution in [3.63, 3.8) is 0 Å². The first-order valence-electron chi connectivity index (χ1n) is 6.77. The molecule has 1 aromatic heterocycles. The summed E-state index contributed by atoms with van der Waals surface area (Å²) in [4.78, 5) is 1.34. The summed E-state index contributed by atoms with van der Waals surface area (Å²) in [6, 6.07) is 15.0. The Bertz CT molecular complexity index is 455. The van der Waals surface area contributed by atoms with E-state index in [9.17, 15) is 5.11 Å². The Labute approximate surface area is 119 Å². The lowest BCUT2D eigenvalue weighted by atomic mass is 10.0. The summed E-state index contributed by atoms with van der Waals surface area (Å²) in [5.41, 5.74) is 1.26. The molecule has 0 fully saturated rings. The number of nitrogens with one attached hydrogen (secondary N) is 1. The average Bonchev–Trinajstić information content (AvgIpc) is 2.98. The lowest BCUT2D eigenvalue weighted by Crippen LogP contribution is -2.37. The third kappa shape index (κ3) is 4.16. The van der Waals surface area contributed by atoms with Crippen LogP contribution in [0.4, 0.5) is 0 Å². The van der Waals surface area contributed by atoms with Gasteiger partial charge in [-0.15, -0.1) is 11.3 Å². The molecular weight excluding hydrogens is 254 g/mol. The fourth-order valence-corrected chi connectivity index (χ4v) is 3.12. The molecule has 102 valence electrons. The minimum atomic E-state index is 0.106. The highest BCUT2D eigenvalue weighted by Gasteiger charge is 2.16. The molecule has 0 spiro atoms. The summed E-state index contributed by atoms with van der Waals surface area (Å²) in [6.45, 7) is 2.34. The van der Waals surface area contributed by atoms with Crippen molar-refractivity contribution in [2.24, 2.45) is 0 Å². The van der Waals surface area contributed by atoms with Crippen LogP contribution in [0.2, 0.25) is 0 Å². The summed E-state index contributed by atoms with van der Waals surface area (Å²) in [7, 11) is 0. The van der Waals surface area contributed by atoms with E-state index in [1.54, 1.807) is 11.3 Å². The van der Waals surface area contributed by atoms with Crippen LogP contribution in [0.25, 0.3) is 0 Å². The smallest absolute Gasteiger partial charge is 0.0588 e. The highest BCUT2D eigenvalue weighted by molar-refractivity contribution is 7.10. The van der Waals surface area contributed by atoms with Gasteiger partial charge in [0.1, 0.15) is 0 Å². The molecular formula is C16H21NOS. The Hall–Kier alpha value is -1.16. The van der Waals surface area contributed by atoms with Gasteiger partial charge in [0.2, 0.25) is 0 Å². The molecule has 0 aliphatic heterocycles. The van der Waals surface area contributed by atoms with E-state index in [1.165, 1.54) is 10.4 Å². The van der Waals surface area contributed by atoms with Crippen LogP contribution in [0.3, 0.4) is 0 Å². The molecule has 19 heavy (non-hydrogen) atoms. The quantitative estimate of drug-likeness (QED) is 0.812. The van der Waals surface area contributed by atoms with Crippen LogP contribution >= 0.6 is 11.3 Å². The Morgan fingerprint density at radius 1 is 1.16 bits per heavy atom. The van der Waals surface area contributed by atoms with Crippen molar-refractivity contribution in [2.45, 2.75) is 31.8 Å². The first-order chi connectivity index (χ1) is 9.33. The molecule has 0 aliphatic rings. The van der Waals surface area contributed by atoms with Crippen LogP contribution in [-0.2, 0) is 6.42 Å². The second kappa shape index (κ2) is 7.43. The van der Waals surface area contributed by atoms with Crippen LogP contribution in [-0.4, -0.2) is 17.8 Å². The van der Waals surface area contributed by atoms with Crippen LogP contribution in [0, 0.1) is 0 Å². The summed E-state index contributed by atoms with van der Waals surface area (Å²) >= 11 is 1.77. The van der Waals surface area contributed by atoms with Gasteiger partial charge in [0.15, 0.2) is 0 Å². The maximum absolute atomic E-state index is 9.57. The largest absolute Gasteiger partial charge is 0.395 e. The predicted molar refractivity (Wildman–Crippen MR) is 81.5 cm³/mol. The summed E-state index contributed by atoms with van der Waals surface area (Å²) in [5.74, 6) is 0. The van der Waals surface area contributed by atoms with Crippen LogP contribution in [0.1, 0.15) is 29.8 Å². The number of aliphatic hydroxyl groups is 1. The number of hydrogen-bond acceptors (Lipinski definition) is 3. The highest BCUT2D eigenvalue weighted by Crippen LogP contribution is 2.22. The molecule has 0 radical (unpaired) electrons. The van der Waals surface area contributed by atoms with Crippen molar-refractivity contribution in [3.8, 4) is 0 Å². The molecule has 2 rings (SSSR count). The van der Waals surface area contributed by atoms with Gasteiger partial charge in [-0.05, 0) is 29.9 Å². The van der Waals surface area contributed by atoms with Gasteiger partial charge in [0.25, 0.3) is 0 Å². The van der Waals surface area contributed by atoms with E-state index < -0.39 is 0 Å². The lowest BCUT2D eigenvalue weighted by molar-refractivity contribution is 0.229. The maximum atomic E-state index is 9.57. The van der Waals surface area contributed by atoms with Crippen molar-refractivity contribution < 1.29 is 5.11 Å². The van der Waals surface area contributed by atoms with E-state index in [1.807, 2.05) is 18.2 Å². The van der Waals surface area contributed by atoms with Crippen molar-refractivity contribution in [2.75, 3.05) is 6.61 Å². The van der Waals surface area contributed by atoms with E-state index in [-0.39, 0.29) is 12.6 Å². The zero-order valence-corrected chi connectivity index (χ0v) is 12.1. The van der Waals surface area contributed by atoms with E-state index in [4.69, 9.17) is 0 Å². The van der Waals surface area contributed by atoms with E-state index in [2.05, 4.69) is 41.9 Å². The van der Waals surface area contributed by atoms with Crippen LogP contribution in [0.5, 0.6) is 0 Å². The molecule has 2 atom stereocenters. The fraction of sp³-hybridized carbons (Fsp3) is 0.375. The third-order valence-corrected chi connectivity index (χ3v) is 4.26. The summed E-state index contributed by atoms with van der Waals surface area (Å²) < 4.78 is 0. The van der Waals surface area contributed by atoms with Crippen molar-refractivity contribution in [1.82, 2.24) is 5.32 Å². The number of thiophene rings is 1. The number of benzene rings is 1. The SMILES string of the molecule is CCC(N[C@H](CO)Cc1ccccc1)c1cccs1. The number of rotatable bonds is 7. The van der Waals surface area contributed by atoms with E-state index in [0.29, 0.717) is 6.04 Å². The molecule has 1 heterocycles. The molecule has 0 saturated heterocycles. The standard InChI is InChI=1S/C16H21NOS/c1-2-15(16-9-6-10-19-16)17-14(12-18)11-13-7-4-3-5-8-13/h3-10,14-15,17-18H,2,11-12H2,1H3/t14-,15?/m0/s1. The molecule has 0 amide bonds. The van der Waals surface area contributed by atoms with Gasteiger partial charge in [-0.2, -0.15) is 0 Å². The van der Waals surface area contributed by atoms with Crippen molar-refractivity contribution in [3.05, 3.63) is 58.3 Å². The van der Waals surface area contributed by atoms with Crippen LogP contribution < -0.4 is 5.32 Å². The van der Waals surface area contributed by atoms with Crippen molar-refractivity contribution in [1.29, 1.82) is 0 Å². The maximum Gasteiger partial charge on any atom is 0.0588 e. The Morgan fingerprint density at radius 2 is 1.95 bits per heavy atom. The molecule has 0 bridgehead atoms. The number of aliphatic hydroxyl groups excluding tert-OH is 1. The van der Waals surface area contributed by atoms with Crippen LogP contribution in [0.15, 0.2) is 47.8 Å². The Balaban J connectivity index is 1.98. The highest BCUT2D eigenvalue weighted by atomic mass is 32.1. The summed E-state index contributed by atoms with van der Waals surface area (Å²) in [5, 5.41) is 15.2. The third-order valence-electron chi connectivity index (χ3n) is 3.28. The lowest BCUT2D eigenvalue weighted by Gasteiger charge is -2.23. The van der Waals surface area contributed by atoms with Gasteiger partial charge < -0.3 is 10.4 Å². The molecule has 2 nitrogen and oxygen atoms in total. The molecule has 2 N–H and O–H groups in total.